The standard InChI is InChI=1S/C18H23NO2S/c1-3-21-17(20)18(9-10-18)15-11-16(22)19(12-15)13(2)14-7-5-4-6-8-14/h4-8,13,15H,3,9-12H2,1-2H3/t13-,15+/m0/s1. The van der Waals surface area contributed by atoms with Crippen molar-refractivity contribution in [3.8, 4) is 0 Å². The number of hydrogen-bond acceptors (Lipinski definition) is 3. The van der Waals surface area contributed by atoms with Crippen molar-refractivity contribution in [1.29, 1.82) is 0 Å². The molecule has 0 amide bonds. The van der Waals surface area contributed by atoms with Gasteiger partial charge in [0.1, 0.15) is 0 Å². The molecule has 118 valence electrons. The summed E-state index contributed by atoms with van der Waals surface area (Å²) in [7, 11) is 0. The van der Waals surface area contributed by atoms with Gasteiger partial charge in [-0.3, -0.25) is 4.79 Å². The van der Waals surface area contributed by atoms with Crippen LogP contribution in [0.5, 0.6) is 0 Å². The summed E-state index contributed by atoms with van der Waals surface area (Å²) in [6, 6.07) is 10.7. The van der Waals surface area contributed by atoms with E-state index >= 15 is 0 Å². The van der Waals surface area contributed by atoms with E-state index in [0.717, 1.165) is 30.8 Å². The van der Waals surface area contributed by atoms with Gasteiger partial charge in [-0.05, 0) is 38.2 Å². The van der Waals surface area contributed by atoms with Crippen LogP contribution in [0.25, 0.3) is 0 Å². The second kappa shape index (κ2) is 5.99. The molecule has 1 heterocycles. The van der Waals surface area contributed by atoms with Crippen molar-refractivity contribution in [3.63, 3.8) is 0 Å². The Balaban J connectivity index is 1.73. The van der Waals surface area contributed by atoms with Gasteiger partial charge in [-0.2, -0.15) is 0 Å². The van der Waals surface area contributed by atoms with Crippen molar-refractivity contribution < 1.29 is 9.53 Å². The number of carbonyl (C=O) groups is 1. The molecule has 22 heavy (non-hydrogen) atoms. The minimum atomic E-state index is -0.259. The lowest BCUT2D eigenvalue weighted by Crippen LogP contribution is -2.32. The maximum Gasteiger partial charge on any atom is 0.312 e. The molecular weight excluding hydrogens is 294 g/mol. The Morgan fingerprint density at radius 2 is 2.09 bits per heavy atom. The second-order valence-corrected chi connectivity index (χ2v) is 6.88. The van der Waals surface area contributed by atoms with Crippen LogP contribution in [-0.2, 0) is 9.53 Å². The fraction of sp³-hybridized carbons (Fsp3) is 0.556. The fourth-order valence-electron chi connectivity index (χ4n) is 3.58. The van der Waals surface area contributed by atoms with Gasteiger partial charge in [0.15, 0.2) is 0 Å². The molecule has 3 rings (SSSR count). The van der Waals surface area contributed by atoms with Crippen molar-refractivity contribution in [1.82, 2.24) is 4.90 Å². The Morgan fingerprint density at radius 3 is 2.68 bits per heavy atom. The lowest BCUT2D eigenvalue weighted by atomic mass is 9.88. The van der Waals surface area contributed by atoms with Gasteiger partial charge in [-0.1, -0.05) is 42.5 Å². The number of hydrogen-bond donors (Lipinski definition) is 0. The lowest BCUT2D eigenvalue weighted by molar-refractivity contribution is -0.151. The van der Waals surface area contributed by atoms with Crippen molar-refractivity contribution in [2.45, 2.75) is 39.2 Å². The molecule has 2 atom stereocenters. The highest BCUT2D eigenvalue weighted by Gasteiger charge is 2.59. The number of benzene rings is 1. The molecule has 4 heteroatoms. The first-order valence-electron chi connectivity index (χ1n) is 8.10. The van der Waals surface area contributed by atoms with Crippen molar-refractivity contribution >= 4 is 23.2 Å². The predicted molar refractivity (Wildman–Crippen MR) is 90.6 cm³/mol. The molecule has 1 saturated carbocycles. The zero-order valence-corrected chi connectivity index (χ0v) is 14.1. The smallest absolute Gasteiger partial charge is 0.312 e. The van der Waals surface area contributed by atoms with E-state index in [9.17, 15) is 4.79 Å². The molecule has 3 nitrogen and oxygen atoms in total. The van der Waals surface area contributed by atoms with Gasteiger partial charge in [-0.15, -0.1) is 0 Å². The highest BCUT2D eigenvalue weighted by molar-refractivity contribution is 7.80. The van der Waals surface area contributed by atoms with Crippen LogP contribution in [0, 0.1) is 11.3 Å². The summed E-state index contributed by atoms with van der Waals surface area (Å²) < 4.78 is 5.30. The van der Waals surface area contributed by atoms with Gasteiger partial charge < -0.3 is 9.64 Å². The monoisotopic (exact) mass is 317 g/mol. The highest BCUT2D eigenvalue weighted by Crippen LogP contribution is 2.56. The van der Waals surface area contributed by atoms with Crippen LogP contribution in [-0.4, -0.2) is 29.0 Å². The van der Waals surface area contributed by atoms with Gasteiger partial charge in [0.2, 0.25) is 0 Å². The number of nitrogens with zero attached hydrogens (tertiary/aromatic N) is 1. The zero-order valence-electron chi connectivity index (χ0n) is 13.2. The molecule has 2 fully saturated rings. The van der Waals surface area contributed by atoms with E-state index in [0.29, 0.717) is 12.5 Å². The molecule has 1 aromatic carbocycles. The van der Waals surface area contributed by atoms with Crippen LogP contribution in [0.1, 0.15) is 44.7 Å². The van der Waals surface area contributed by atoms with E-state index in [1.807, 2.05) is 13.0 Å². The summed E-state index contributed by atoms with van der Waals surface area (Å²) in [6.07, 6.45) is 2.74. The van der Waals surface area contributed by atoms with E-state index in [1.54, 1.807) is 0 Å². The van der Waals surface area contributed by atoms with E-state index in [4.69, 9.17) is 17.0 Å². The number of thiocarbonyl (C=S) groups is 1. The molecule has 0 spiro atoms. The average Bonchev–Trinajstić information content (AvgIpc) is 3.25. The third kappa shape index (κ3) is 2.65. The van der Waals surface area contributed by atoms with Crippen LogP contribution in [0.2, 0.25) is 0 Å². The summed E-state index contributed by atoms with van der Waals surface area (Å²) in [6.45, 7) is 5.39. The largest absolute Gasteiger partial charge is 0.466 e. The molecule has 1 saturated heterocycles. The Kier molecular flexibility index (Phi) is 4.22. The minimum absolute atomic E-state index is 0.0167. The summed E-state index contributed by atoms with van der Waals surface area (Å²) in [5, 5.41) is 0. The van der Waals surface area contributed by atoms with Crippen molar-refractivity contribution in [3.05, 3.63) is 35.9 Å². The Morgan fingerprint density at radius 1 is 1.41 bits per heavy atom. The van der Waals surface area contributed by atoms with Crippen LogP contribution in [0.15, 0.2) is 30.3 Å². The number of carbonyl (C=O) groups excluding carboxylic acids is 1. The van der Waals surface area contributed by atoms with E-state index in [2.05, 4.69) is 36.1 Å². The number of rotatable bonds is 5. The molecule has 2 aliphatic rings. The SMILES string of the molecule is CCOC(=O)C1([C@@H]2CC(=S)N([C@@H](C)c3ccccc3)C2)CC1. The number of ether oxygens (including phenoxy) is 1. The van der Waals surface area contributed by atoms with E-state index in [-0.39, 0.29) is 17.4 Å². The third-order valence-corrected chi connectivity index (χ3v) is 5.56. The van der Waals surface area contributed by atoms with E-state index in [1.165, 1.54) is 5.56 Å². The van der Waals surface area contributed by atoms with Crippen molar-refractivity contribution in [2.75, 3.05) is 13.2 Å². The first-order valence-corrected chi connectivity index (χ1v) is 8.51. The Labute approximate surface area is 137 Å². The minimum Gasteiger partial charge on any atom is -0.466 e. The normalized spacial score (nSPS) is 24.2. The van der Waals surface area contributed by atoms with Crippen molar-refractivity contribution in [2.24, 2.45) is 11.3 Å². The quantitative estimate of drug-likeness (QED) is 0.611. The summed E-state index contributed by atoms with van der Waals surface area (Å²) in [5.41, 5.74) is 1.01. The van der Waals surface area contributed by atoms with Gasteiger partial charge in [0.05, 0.1) is 23.1 Å². The summed E-state index contributed by atoms with van der Waals surface area (Å²) >= 11 is 5.62. The zero-order chi connectivity index (χ0) is 15.7. The van der Waals surface area contributed by atoms with Gasteiger partial charge in [-0.25, -0.2) is 0 Å². The van der Waals surface area contributed by atoms with Crippen LogP contribution >= 0.6 is 12.2 Å². The third-order valence-electron chi connectivity index (χ3n) is 5.16. The molecule has 0 radical (unpaired) electrons. The molecule has 0 N–H and O–H groups in total. The van der Waals surface area contributed by atoms with E-state index < -0.39 is 0 Å². The molecule has 0 bridgehead atoms. The van der Waals surface area contributed by atoms with Crippen LogP contribution in [0.3, 0.4) is 0 Å². The van der Waals surface area contributed by atoms with Gasteiger partial charge >= 0.3 is 5.97 Å². The Hall–Kier alpha value is -1.42. The number of esters is 1. The van der Waals surface area contributed by atoms with Crippen LogP contribution < -0.4 is 0 Å². The summed E-state index contributed by atoms with van der Waals surface area (Å²) in [4.78, 5) is 15.6. The molecule has 0 aromatic heterocycles. The predicted octanol–water partition coefficient (Wildman–Crippen LogP) is 3.74. The maximum atomic E-state index is 12.3. The highest BCUT2D eigenvalue weighted by atomic mass is 32.1. The summed E-state index contributed by atoms with van der Waals surface area (Å²) in [5.74, 6) is 0.294. The molecule has 0 unspecified atom stereocenters. The van der Waals surface area contributed by atoms with Gasteiger partial charge in [0.25, 0.3) is 0 Å². The molecule has 1 aliphatic carbocycles. The number of likely N-dealkylation sites (tertiary alicyclic amines) is 1. The fourth-order valence-corrected chi connectivity index (χ4v) is 4.01. The van der Waals surface area contributed by atoms with Gasteiger partial charge in [0, 0.05) is 13.0 Å². The lowest BCUT2D eigenvalue weighted by Gasteiger charge is -2.28. The second-order valence-electron chi connectivity index (χ2n) is 6.41. The first-order chi connectivity index (χ1) is 10.6. The first kappa shape index (κ1) is 15.5. The topological polar surface area (TPSA) is 29.5 Å². The Bertz CT molecular complexity index is 568. The molecule has 1 aliphatic heterocycles. The molecule has 1 aromatic rings. The van der Waals surface area contributed by atoms with Crippen LogP contribution in [0.4, 0.5) is 0 Å². The average molecular weight is 317 g/mol. The molecular formula is C18H23NO2S. The maximum absolute atomic E-state index is 12.3.